The standard InChI is InChI=1S/C32H32F3N3O2/c1-23(39)37-20-15-26-11-13-28(21-30(26)37)38(27-16-18-36(19-17-27)22-24-7-3-2-4-8-24)31(40)14-12-25-9-5-6-10-29(25)32(33,34)35/h2-14,21,27H,15-20,22H2,1H3/b14-12+. The molecule has 1 fully saturated rings. The van der Waals surface area contributed by atoms with Crippen molar-refractivity contribution in [1.29, 1.82) is 0 Å². The van der Waals surface area contributed by atoms with E-state index in [1.165, 1.54) is 42.8 Å². The summed E-state index contributed by atoms with van der Waals surface area (Å²) < 4.78 is 40.6. The Morgan fingerprint density at radius 2 is 1.65 bits per heavy atom. The Bertz CT molecular complexity index is 1400. The van der Waals surface area contributed by atoms with Crippen molar-refractivity contribution >= 4 is 29.3 Å². The van der Waals surface area contributed by atoms with Gasteiger partial charge in [0.2, 0.25) is 5.91 Å². The van der Waals surface area contributed by atoms with E-state index in [0.717, 1.165) is 56.2 Å². The fourth-order valence-electron chi connectivity index (χ4n) is 5.68. The van der Waals surface area contributed by atoms with Crippen LogP contribution in [0.2, 0.25) is 0 Å². The van der Waals surface area contributed by atoms with Gasteiger partial charge in [-0.3, -0.25) is 14.5 Å². The highest BCUT2D eigenvalue weighted by Crippen LogP contribution is 2.35. The highest BCUT2D eigenvalue weighted by Gasteiger charge is 2.33. The van der Waals surface area contributed by atoms with Gasteiger partial charge >= 0.3 is 6.18 Å². The van der Waals surface area contributed by atoms with Crippen molar-refractivity contribution in [3.8, 4) is 0 Å². The van der Waals surface area contributed by atoms with E-state index in [1.54, 1.807) is 9.80 Å². The molecule has 1 saturated heterocycles. The van der Waals surface area contributed by atoms with Crippen molar-refractivity contribution in [3.05, 3.63) is 101 Å². The van der Waals surface area contributed by atoms with Gasteiger partial charge in [0.1, 0.15) is 0 Å². The molecule has 5 nitrogen and oxygen atoms in total. The minimum Gasteiger partial charge on any atom is -0.312 e. The Hall–Kier alpha value is -3.91. The van der Waals surface area contributed by atoms with E-state index >= 15 is 0 Å². The Morgan fingerprint density at radius 3 is 2.35 bits per heavy atom. The summed E-state index contributed by atoms with van der Waals surface area (Å²) in [4.78, 5) is 31.7. The first-order valence-electron chi connectivity index (χ1n) is 13.6. The molecule has 0 atom stereocenters. The molecule has 0 aromatic heterocycles. The molecule has 2 heterocycles. The minimum atomic E-state index is -4.52. The van der Waals surface area contributed by atoms with Gasteiger partial charge < -0.3 is 9.80 Å². The van der Waals surface area contributed by atoms with Gasteiger partial charge in [0.05, 0.1) is 5.56 Å². The van der Waals surface area contributed by atoms with Gasteiger partial charge in [-0.15, -0.1) is 0 Å². The van der Waals surface area contributed by atoms with Crippen LogP contribution in [0.4, 0.5) is 24.5 Å². The molecule has 2 aliphatic heterocycles. The summed E-state index contributed by atoms with van der Waals surface area (Å²) in [5.41, 5.74) is 2.86. The van der Waals surface area contributed by atoms with Crippen LogP contribution in [0.3, 0.4) is 0 Å². The van der Waals surface area contributed by atoms with Crippen molar-refractivity contribution < 1.29 is 22.8 Å². The van der Waals surface area contributed by atoms with E-state index in [9.17, 15) is 22.8 Å². The Labute approximate surface area is 232 Å². The van der Waals surface area contributed by atoms with Gasteiger partial charge in [0.25, 0.3) is 5.91 Å². The largest absolute Gasteiger partial charge is 0.416 e. The maximum Gasteiger partial charge on any atom is 0.416 e. The quantitative estimate of drug-likeness (QED) is 0.339. The van der Waals surface area contributed by atoms with Crippen molar-refractivity contribution in [1.82, 2.24) is 4.90 Å². The molecule has 0 spiro atoms. The average Bonchev–Trinajstić information content (AvgIpc) is 3.37. The molecule has 8 heteroatoms. The average molecular weight is 548 g/mol. The van der Waals surface area contributed by atoms with E-state index in [-0.39, 0.29) is 23.4 Å². The summed E-state index contributed by atoms with van der Waals surface area (Å²) in [5, 5.41) is 0. The van der Waals surface area contributed by atoms with Gasteiger partial charge in [-0.25, -0.2) is 0 Å². The van der Waals surface area contributed by atoms with Gasteiger partial charge in [0.15, 0.2) is 0 Å². The first-order valence-corrected chi connectivity index (χ1v) is 13.6. The third-order valence-electron chi connectivity index (χ3n) is 7.70. The van der Waals surface area contributed by atoms with Crippen molar-refractivity contribution in [2.24, 2.45) is 0 Å². The van der Waals surface area contributed by atoms with E-state index in [0.29, 0.717) is 12.2 Å². The summed E-state index contributed by atoms with van der Waals surface area (Å²) in [6.07, 6.45) is 0.146. The first kappa shape index (κ1) is 27.6. The molecular formula is C32H32F3N3O2. The van der Waals surface area contributed by atoms with Crippen LogP contribution < -0.4 is 9.80 Å². The lowest BCUT2D eigenvalue weighted by molar-refractivity contribution is -0.137. The molecule has 3 aromatic rings. The van der Waals surface area contributed by atoms with Gasteiger partial charge in [-0.05, 0) is 60.2 Å². The molecule has 3 aromatic carbocycles. The molecule has 0 N–H and O–H groups in total. The van der Waals surface area contributed by atoms with Crippen LogP contribution in [0.1, 0.15) is 42.0 Å². The number of rotatable bonds is 6. The highest BCUT2D eigenvalue weighted by molar-refractivity contribution is 6.05. The summed E-state index contributed by atoms with van der Waals surface area (Å²) in [6, 6.07) is 21.0. The fraction of sp³-hybridized carbons (Fsp3) is 0.312. The van der Waals surface area contributed by atoms with Crippen molar-refractivity contribution in [2.45, 2.75) is 44.9 Å². The lowest BCUT2D eigenvalue weighted by Gasteiger charge is -2.38. The summed E-state index contributed by atoms with van der Waals surface area (Å²) >= 11 is 0. The monoisotopic (exact) mass is 547 g/mol. The smallest absolute Gasteiger partial charge is 0.312 e. The second kappa shape index (κ2) is 11.7. The SMILES string of the molecule is CC(=O)N1CCc2ccc(N(C(=O)/C=C/c3ccccc3C(F)(F)F)C3CCN(Cc4ccccc4)CC3)cc21. The second-order valence-electron chi connectivity index (χ2n) is 10.4. The summed E-state index contributed by atoms with van der Waals surface area (Å²) in [6.45, 7) is 4.51. The molecule has 0 bridgehead atoms. The number of halogens is 3. The first-order chi connectivity index (χ1) is 19.2. The number of amides is 2. The third kappa shape index (κ3) is 6.12. The number of piperidine rings is 1. The minimum absolute atomic E-state index is 0.0577. The number of hydrogen-bond donors (Lipinski definition) is 0. The number of anilines is 2. The molecule has 0 radical (unpaired) electrons. The fourth-order valence-corrected chi connectivity index (χ4v) is 5.68. The topological polar surface area (TPSA) is 43.9 Å². The van der Waals surface area contributed by atoms with Gasteiger partial charge in [-0.2, -0.15) is 13.2 Å². The molecule has 5 rings (SSSR count). The Morgan fingerprint density at radius 1 is 0.950 bits per heavy atom. The maximum absolute atomic E-state index is 13.7. The number of carbonyl (C=O) groups excluding carboxylic acids is 2. The molecule has 0 unspecified atom stereocenters. The third-order valence-corrected chi connectivity index (χ3v) is 7.70. The molecule has 2 aliphatic rings. The molecule has 2 amide bonds. The zero-order valence-corrected chi connectivity index (χ0v) is 22.4. The molecular weight excluding hydrogens is 515 g/mol. The zero-order chi connectivity index (χ0) is 28.3. The normalized spacial score (nSPS) is 16.4. The van der Waals surface area contributed by atoms with Crippen LogP contribution in [0, 0.1) is 0 Å². The van der Waals surface area contributed by atoms with E-state index in [4.69, 9.17) is 0 Å². The number of carbonyl (C=O) groups is 2. The summed E-state index contributed by atoms with van der Waals surface area (Å²) in [5.74, 6) is -0.447. The highest BCUT2D eigenvalue weighted by atomic mass is 19.4. The van der Waals surface area contributed by atoms with Crippen molar-refractivity contribution in [2.75, 3.05) is 29.4 Å². The van der Waals surface area contributed by atoms with Crippen LogP contribution in [-0.2, 0) is 28.7 Å². The van der Waals surface area contributed by atoms with Gasteiger partial charge in [0, 0.05) is 56.6 Å². The maximum atomic E-state index is 13.7. The zero-order valence-electron chi connectivity index (χ0n) is 22.4. The Kier molecular flexibility index (Phi) is 8.07. The number of alkyl halides is 3. The summed E-state index contributed by atoms with van der Waals surface area (Å²) in [7, 11) is 0. The van der Waals surface area contributed by atoms with Gasteiger partial charge in [-0.1, -0.05) is 54.6 Å². The molecule has 0 saturated carbocycles. The predicted molar refractivity (Wildman–Crippen MR) is 151 cm³/mol. The van der Waals surface area contributed by atoms with Crippen LogP contribution in [0.5, 0.6) is 0 Å². The second-order valence-corrected chi connectivity index (χ2v) is 10.4. The number of likely N-dealkylation sites (tertiary alicyclic amines) is 1. The molecule has 40 heavy (non-hydrogen) atoms. The number of hydrogen-bond acceptors (Lipinski definition) is 3. The van der Waals surface area contributed by atoms with Crippen LogP contribution in [-0.4, -0.2) is 42.4 Å². The Balaban J connectivity index is 1.42. The van der Waals surface area contributed by atoms with Crippen LogP contribution in [0.25, 0.3) is 6.08 Å². The lowest BCUT2D eigenvalue weighted by Crippen LogP contribution is -2.47. The molecule has 208 valence electrons. The predicted octanol–water partition coefficient (Wildman–Crippen LogP) is 6.33. The lowest BCUT2D eigenvalue weighted by atomic mass is 10.00. The van der Waals surface area contributed by atoms with Crippen LogP contribution >= 0.6 is 0 Å². The van der Waals surface area contributed by atoms with E-state index in [2.05, 4.69) is 17.0 Å². The van der Waals surface area contributed by atoms with Crippen LogP contribution in [0.15, 0.2) is 78.9 Å². The number of benzene rings is 3. The molecule has 0 aliphatic carbocycles. The van der Waals surface area contributed by atoms with Crippen molar-refractivity contribution in [3.63, 3.8) is 0 Å². The van der Waals surface area contributed by atoms with E-state index in [1.807, 2.05) is 36.4 Å². The number of nitrogens with zero attached hydrogens (tertiary/aromatic N) is 3. The van der Waals surface area contributed by atoms with E-state index < -0.39 is 11.7 Å². The number of fused-ring (bicyclic) bond motifs is 1.